The van der Waals surface area contributed by atoms with Crippen molar-refractivity contribution < 1.29 is 9.30 Å². The molecule has 1 aliphatic carbocycles. The fraction of sp³-hybridized carbons (Fsp3) is 0.441. The molecular weight excluding hydrogens is 438 g/mol. The quantitative estimate of drug-likeness (QED) is 0.236. The highest BCUT2D eigenvalue weighted by molar-refractivity contribution is 6.07. The minimum atomic E-state index is 0.474. The van der Waals surface area contributed by atoms with Crippen LogP contribution in [0.1, 0.15) is 81.5 Å². The summed E-state index contributed by atoms with van der Waals surface area (Å²) in [6, 6.07) is 13.9. The zero-order valence-electron chi connectivity index (χ0n) is 23.1. The van der Waals surface area contributed by atoms with Crippen LogP contribution < -0.4 is 9.30 Å². The third kappa shape index (κ3) is 3.64. The Kier molecular flexibility index (Phi) is 5.44. The van der Waals surface area contributed by atoms with Gasteiger partial charge in [-0.05, 0) is 102 Å². The Balaban J connectivity index is 1.59. The Labute approximate surface area is 216 Å². The second-order valence-corrected chi connectivity index (χ2v) is 12.7. The van der Waals surface area contributed by atoms with Gasteiger partial charge >= 0.3 is 0 Å². The summed E-state index contributed by atoms with van der Waals surface area (Å²) in [6.07, 6.45) is 8.45. The van der Waals surface area contributed by atoms with Crippen LogP contribution in [0.2, 0.25) is 0 Å². The molecular formula is C34H40NO+. The predicted molar refractivity (Wildman–Crippen MR) is 151 cm³/mol. The molecule has 0 bridgehead atoms. The highest BCUT2D eigenvalue weighted by Crippen LogP contribution is 2.52. The van der Waals surface area contributed by atoms with Gasteiger partial charge in [0.05, 0.1) is 10.9 Å². The summed E-state index contributed by atoms with van der Waals surface area (Å²) in [4.78, 5) is 0. The van der Waals surface area contributed by atoms with Crippen molar-refractivity contribution in [1.29, 1.82) is 0 Å². The summed E-state index contributed by atoms with van der Waals surface area (Å²) in [7, 11) is 2.18. The zero-order chi connectivity index (χ0) is 25.4. The molecule has 1 saturated carbocycles. The zero-order valence-corrected chi connectivity index (χ0v) is 23.1. The van der Waals surface area contributed by atoms with E-state index < -0.39 is 0 Å². The second-order valence-electron chi connectivity index (χ2n) is 12.7. The molecule has 1 aliphatic heterocycles. The van der Waals surface area contributed by atoms with Crippen molar-refractivity contribution in [3.05, 3.63) is 64.8 Å². The van der Waals surface area contributed by atoms with E-state index in [9.17, 15) is 0 Å². The molecule has 3 aromatic carbocycles. The average molecular weight is 479 g/mol. The molecule has 1 aromatic heterocycles. The molecule has 2 nitrogen and oxygen atoms in total. The lowest BCUT2D eigenvalue weighted by molar-refractivity contribution is -0.659. The smallest absolute Gasteiger partial charge is 0.228 e. The summed E-state index contributed by atoms with van der Waals surface area (Å²) in [5.41, 5.74) is 8.50. The lowest BCUT2D eigenvalue weighted by Crippen LogP contribution is -2.32. The number of pyridine rings is 1. The van der Waals surface area contributed by atoms with Gasteiger partial charge in [0.25, 0.3) is 0 Å². The van der Waals surface area contributed by atoms with E-state index in [1.807, 2.05) is 0 Å². The molecule has 36 heavy (non-hydrogen) atoms. The number of hydrogen-bond acceptors (Lipinski definition) is 1. The molecule has 186 valence electrons. The Hall–Kier alpha value is -2.87. The van der Waals surface area contributed by atoms with E-state index in [1.54, 1.807) is 0 Å². The van der Waals surface area contributed by atoms with Crippen LogP contribution in [0.25, 0.3) is 32.8 Å². The lowest BCUT2D eigenvalue weighted by atomic mass is 9.71. The Morgan fingerprint density at radius 3 is 2.47 bits per heavy atom. The minimum Gasteiger partial charge on any atom is -0.455 e. The largest absolute Gasteiger partial charge is 0.455 e. The van der Waals surface area contributed by atoms with Crippen LogP contribution in [0.5, 0.6) is 11.5 Å². The van der Waals surface area contributed by atoms with Gasteiger partial charge in [-0.2, -0.15) is 0 Å². The van der Waals surface area contributed by atoms with Crippen molar-refractivity contribution in [2.45, 2.75) is 79.6 Å². The van der Waals surface area contributed by atoms with Gasteiger partial charge in [0.1, 0.15) is 18.5 Å². The van der Waals surface area contributed by atoms with E-state index in [1.165, 1.54) is 80.7 Å². The molecule has 0 N–H and O–H groups in total. The summed E-state index contributed by atoms with van der Waals surface area (Å²) in [5, 5.41) is 5.30. The van der Waals surface area contributed by atoms with E-state index in [4.69, 9.17) is 4.74 Å². The predicted octanol–water partition coefficient (Wildman–Crippen LogP) is 9.09. The number of aryl methyl sites for hydroxylation is 3. The number of nitrogens with zero attached hydrogens (tertiary/aromatic N) is 1. The van der Waals surface area contributed by atoms with Crippen LogP contribution in [-0.4, -0.2) is 0 Å². The molecule has 2 heterocycles. The Bertz CT molecular complexity index is 1510. The molecule has 0 amide bonds. The van der Waals surface area contributed by atoms with Crippen molar-refractivity contribution in [1.82, 2.24) is 0 Å². The molecule has 2 aliphatic rings. The average Bonchev–Trinajstić information content (AvgIpc) is 2.83. The van der Waals surface area contributed by atoms with Gasteiger partial charge in [-0.25, -0.2) is 4.57 Å². The number of ether oxygens (including phenoxy) is 1. The molecule has 6 rings (SSSR count). The van der Waals surface area contributed by atoms with Crippen LogP contribution in [0.3, 0.4) is 0 Å². The highest BCUT2D eigenvalue weighted by atomic mass is 16.5. The number of benzene rings is 3. The molecule has 1 fully saturated rings. The first-order chi connectivity index (χ1) is 17.1. The van der Waals surface area contributed by atoms with E-state index >= 15 is 0 Å². The molecule has 0 atom stereocenters. The summed E-state index contributed by atoms with van der Waals surface area (Å²) in [6.45, 7) is 14.0. The van der Waals surface area contributed by atoms with Gasteiger partial charge in [0.15, 0.2) is 6.20 Å². The standard InChI is InChI=1S/C34H40NO/c1-20(2)17-24-9-8-10-27-21(3)30-32-31-25(13-16-35(32)7)18-26(23-11-14-34(5,6)15-12-23)19-28(31)36-33(30)22(4)29(24)27/h8-10,13,16,18-20,23H,11-12,14-15,17H2,1-7H3/q+1. The minimum absolute atomic E-state index is 0.474. The molecule has 2 heteroatoms. The number of fused-ring (bicyclic) bond motifs is 3. The van der Waals surface area contributed by atoms with Crippen LogP contribution in [0, 0.1) is 25.2 Å². The first-order valence-corrected chi connectivity index (χ1v) is 13.8. The van der Waals surface area contributed by atoms with Gasteiger partial charge < -0.3 is 4.74 Å². The van der Waals surface area contributed by atoms with Crippen LogP contribution in [0.4, 0.5) is 0 Å². The van der Waals surface area contributed by atoms with Gasteiger partial charge in [-0.1, -0.05) is 52.0 Å². The fourth-order valence-electron chi connectivity index (χ4n) is 6.93. The van der Waals surface area contributed by atoms with Gasteiger partial charge in [0, 0.05) is 11.6 Å². The van der Waals surface area contributed by atoms with Crippen LogP contribution in [-0.2, 0) is 13.5 Å². The summed E-state index contributed by atoms with van der Waals surface area (Å²) in [5.74, 6) is 3.32. The Morgan fingerprint density at radius 1 is 1.00 bits per heavy atom. The van der Waals surface area contributed by atoms with Crippen molar-refractivity contribution in [2.75, 3.05) is 0 Å². The number of rotatable bonds is 3. The van der Waals surface area contributed by atoms with E-state index in [0.29, 0.717) is 17.3 Å². The van der Waals surface area contributed by atoms with E-state index in [0.717, 1.165) is 17.9 Å². The van der Waals surface area contributed by atoms with Crippen molar-refractivity contribution >= 4 is 21.5 Å². The Morgan fingerprint density at radius 2 is 1.75 bits per heavy atom. The number of hydrogen-bond donors (Lipinski definition) is 0. The molecule has 0 unspecified atom stereocenters. The maximum Gasteiger partial charge on any atom is 0.228 e. The lowest BCUT2D eigenvalue weighted by Gasteiger charge is -2.35. The fourth-order valence-corrected chi connectivity index (χ4v) is 6.93. The topological polar surface area (TPSA) is 13.1 Å². The third-order valence-electron chi connectivity index (χ3n) is 8.98. The van der Waals surface area contributed by atoms with Crippen molar-refractivity contribution in [3.8, 4) is 22.8 Å². The molecule has 0 saturated heterocycles. The molecule has 4 aromatic rings. The first-order valence-electron chi connectivity index (χ1n) is 13.8. The van der Waals surface area contributed by atoms with Crippen LogP contribution in [0.15, 0.2) is 42.6 Å². The highest BCUT2D eigenvalue weighted by Gasteiger charge is 2.34. The molecule has 0 radical (unpaired) electrons. The number of aromatic nitrogens is 1. The third-order valence-corrected chi connectivity index (χ3v) is 8.98. The SMILES string of the molecule is Cc1c2c(c(C)c3c(CC(C)C)cccc13)Oc1cc(C3CCC(C)(C)CC3)cc3cc[n+](C)c-2c13. The normalized spacial score (nSPS) is 17.0. The molecule has 0 spiro atoms. The first kappa shape index (κ1) is 23.5. The maximum atomic E-state index is 6.94. The van der Waals surface area contributed by atoms with Crippen molar-refractivity contribution in [3.63, 3.8) is 0 Å². The van der Waals surface area contributed by atoms with Gasteiger partial charge in [-0.3, -0.25) is 0 Å². The van der Waals surface area contributed by atoms with Gasteiger partial charge in [0.2, 0.25) is 5.69 Å². The second kappa shape index (κ2) is 8.33. The summed E-state index contributed by atoms with van der Waals surface area (Å²) >= 11 is 0. The monoisotopic (exact) mass is 478 g/mol. The van der Waals surface area contributed by atoms with E-state index in [2.05, 4.69) is 95.8 Å². The summed E-state index contributed by atoms with van der Waals surface area (Å²) < 4.78 is 9.24. The maximum absolute atomic E-state index is 6.94. The van der Waals surface area contributed by atoms with Crippen molar-refractivity contribution in [2.24, 2.45) is 18.4 Å². The van der Waals surface area contributed by atoms with Gasteiger partial charge in [-0.15, -0.1) is 0 Å². The van der Waals surface area contributed by atoms with E-state index in [-0.39, 0.29) is 0 Å². The van der Waals surface area contributed by atoms with Crippen LogP contribution >= 0.6 is 0 Å².